The van der Waals surface area contributed by atoms with Crippen LogP contribution in [0.1, 0.15) is 11.1 Å². The highest BCUT2D eigenvalue weighted by Crippen LogP contribution is 2.33. The van der Waals surface area contributed by atoms with E-state index < -0.39 is 15.7 Å². The van der Waals surface area contributed by atoms with Gasteiger partial charge in [0.15, 0.2) is 0 Å². The van der Waals surface area contributed by atoms with Crippen LogP contribution >= 0.6 is 0 Å². The predicted molar refractivity (Wildman–Crippen MR) is 112 cm³/mol. The number of hydrogen-bond acceptors (Lipinski definition) is 5. The van der Waals surface area contributed by atoms with Crippen molar-refractivity contribution >= 4 is 15.7 Å². The lowest BCUT2D eigenvalue weighted by atomic mass is 10.1. The van der Waals surface area contributed by atoms with Crippen molar-refractivity contribution in [3.05, 3.63) is 95.8 Å². The molecule has 1 heterocycles. The van der Waals surface area contributed by atoms with Crippen molar-refractivity contribution in [2.45, 2.75) is 23.4 Å². The molecule has 0 bridgehead atoms. The van der Waals surface area contributed by atoms with E-state index in [0.717, 1.165) is 23.3 Å². The van der Waals surface area contributed by atoms with E-state index in [1.165, 1.54) is 12.1 Å². The lowest BCUT2D eigenvalue weighted by Crippen LogP contribution is -2.07. The zero-order valence-electron chi connectivity index (χ0n) is 16.2. The van der Waals surface area contributed by atoms with E-state index in [1.54, 1.807) is 6.07 Å². The van der Waals surface area contributed by atoms with Gasteiger partial charge in [0.2, 0.25) is 26.6 Å². The standard InChI is InChI=1S/C23H19FN2O3S/c1-16-6-5-9-18(14-16)21-26-23(30(27,28)20-12-10-19(24)11-13-20)22(29-21)25-15-17-7-3-2-4-8-17/h2-14,25H,15H2,1H3. The first-order valence-corrected chi connectivity index (χ1v) is 10.8. The molecule has 0 aliphatic heterocycles. The normalized spacial score (nSPS) is 11.4. The molecule has 0 radical (unpaired) electrons. The SMILES string of the molecule is Cc1cccc(-c2nc(S(=O)(=O)c3ccc(F)cc3)c(NCc3ccccc3)o2)c1. The fourth-order valence-electron chi connectivity index (χ4n) is 3.01. The molecule has 0 atom stereocenters. The fraction of sp³-hybridized carbons (Fsp3) is 0.0870. The van der Waals surface area contributed by atoms with Crippen molar-refractivity contribution in [2.75, 3.05) is 5.32 Å². The van der Waals surface area contributed by atoms with Gasteiger partial charge in [0.25, 0.3) is 0 Å². The molecule has 152 valence electrons. The molecule has 0 saturated heterocycles. The molecule has 3 aromatic carbocycles. The van der Waals surface area contributed by atoms with Crippen LogP contribution in [0.2, 0.25) is 0 Å². The summed E-state index contributed by atoms with van der Waals surface area (Å²) in [6, 6.07) is 21.6. The van der Waals surface area contributed by atoms with E-state index in [1.807, 2.05) is 55.5 Å². The molecule has 7 heteroatoms. The number of aryl methyl sites for hydroxylation is 1. The number of rotatable bonds is 6. The third-order valence-electron chi connectivity index (χ3n) is 4.54. The van der Waals surface area contributed by atoms with Crippen molar-refractivity contribution in [3.8, 4) is 11.5 Å². The number of nitrogens with one attached hydrogen (secondary N) is 1. The van der Waals surface area contributed by atoms with Gasteiger partial charge < -0.3 is 9.73 Å². The summed E-state index contributed by atoms with van der Waals surface area (Å²) in [4.78, 5) is 4.23. The minimum atomic E-state index is -4.02. The second-order valence-electron chi connectivity index (χ2n) is 6.82. The summed E-state index contributed by atoms with van der Waals surface area (Å²) in [5, 5.41) is 2.80. The summed E-state index contributed by atoms with van der Waals surface area (Å²) < 4.78 is 45.5. The highest BCUT2D eigenvalue weighted by molar-refractivity contribution is 7.91. The Morgan fingerprint density at radius 3 is 2.40 bits per heavy atom. The van der Waals surface area contributed by atoms with Crippen LogP contribution in [0.25, 0.3) is 11.5 Å². The second-order valence-corrected chi connectivity index (χ2v) is 8.68. The first-order valence-electron chi connectivity index (χ1n) is 9.30. The van der Waals surface area contributed by atoms with Crippen LogP contribution in [0.4, 0.5) is 10.3 Å². The first-order chi connectivity index (χ1) is 14.4. The van der Waals surface area contributed by atoms with E-state index in [2.05, 4.69) is 10.3 Å². The molecule has 4 rings (SSSR count). The number of benzene rings is 3. The van der Waals surface area contributed by atoms with Crippen molar-refractivity contribution in [3.63, 3.8) is 0 Å². The quantitative estimate of drug-likeness (QED) is 0.431. The van der Waals surface area contributed by atoms with Crippen molar-refractivity contribution in [1.29, 1.82) is 0 Å². The summed E-state index contributed by atoms with van der Waals surface area (Å²) in [6.45, 7) is 2.28. The van der Waals surface area contributed by atoms with Crippen molar-refractivity contribution in [2.24, 2.45) is 0 Å². The first kappa shape index (κ1) is 19.8. The molecule has 0 spiro atoms. The molecular weight excluding hydrogens is 403 g/mol. The van der Waals surface area contributed by atoms with Crippen LogP contribution in [0.15, 0.2) is 93.2 Å². The zero-order chi connectivity index (χ0) is 21.1. The Bertz CT molecular complexity index is 1270. The topological polar surface area (TPSA) is 72.2 Å². The Morgan fingerprint density at radius 2 is 1.70 bits per heavy atom. The Balaban J connectivity index is 1.77. The van der Waals surface area contributed by atoms with Crippen LogP contribution in [0.5, 0.6) is 0 Å². The third kappa shape index (κ3) is 4.11. The predicted octanol–water partition coefficient (Wildman–Crippen LogP) is 5.23. The molecule has 0 saturated carbocycles. The van der Waals surface area contributed by atoms with Gasteiger partial charge in [-0.2, -0.15) is 4.98 Å². The molecule has 4 aromatic rings. The number of sulfone groups is 1. The number of nitrogens with zero attached hydrogens (tertiary/aromatic N) is 1. The summed E-state index contributed by atoms with van der Waals surface area (Å²) in [5.74, 6) is -0.286. The Morgan fingerprint density at radius 1 is 0.967 bits per heavy atom. The van der Waals surface area contributed by atoms with E-state index in [4.69, 9.17) is 4.42 Å². The largest absolute Gasteiger partial charge is 0.419 e. The van der Waals surface area contributed by atoms with Gasteiger partial charge in [-0.15, -0.1) is 0 Å². The molecule has 1 aromatic heterocycles. The summed E-state index contributed by atoms with van der Waals surface area (Å²) in [6.07, 6.45) is 0. The molecule has 0 amide bonds. The number of aromatic nitrogens is 1. The van der Waals surface area contributed by atoms with Crippen LogP contribution in [-0.2, 0) is 16.4 Å². The maximum absolute atomic E-state index is 13.3. The van der Waals surface area contributed by atoms with Gasteiger partial charge in [-0.25, -0.2) is 12.8 Å². The highest BCUT2D eigenvalue weighted by atomic mass is 32.2. The number of halogens is 1. The summed E-state index contributed by atoms with van der Waals surface area (Å²) in [7, 11) is -4.02. The summed E-state index contributed by atoms with van der Waals surface area (Å²) in [5.41, 5.74) is 2.61. The number of oxazole rings is 1. The third-order valence-corrected chi connectivity index (χ3v) is 6.21. The van der Waals surface area contributed by atoms with Crippen LogP contribution in [0, 0.1) is 12.7 Å². The van der Waals surface area contributed by atoms with Crippen LogP contribution in [0.3, 0.4) is 0 Å². The summed E-state index contributed by atoms with van der Waals surface area (Å²) >= 11 is 0. The maximum Gasteiger partial charge on any atom is 0.234 e. The molecule has 0 aliphatic rings. The minimum Gasteiger partial charge on any atom is -0.419 e. The lowest BCUT2D eigenvalue weighted by molar-refractivity contribution is 0.576. The van der Waals surface area contributed by atoms with Crippen LogP contribution in [-0.4, -0.2) is 13.4 Å². The van der Waals surface area contributed by atoms with Gasteiger partial charge in [0.05, 0.1) is 4.90 Å². The van der Waals surface area contributed by atoms with Gasteiger partial charge in [-0.1, -0.05) is 48.0 Å². The average Bonchev–Trinajstić information content (AvgIpc) is 3.19. The number of hydrogen-bond donors (Lipinski definition) is 1. The van der Waals surface area contributed by atoms with Gasteiger partial charge in [-0.3, -0.25) is 0 Å². The van der Waals surface area contributed by atoms with E-state index in [9.17, 15) is 12.8 Å². The van der Waals surface area contributed by atoms with E-state index in [0.29, 0.717) is 12.1 Å². The minimum absolute atomic E-state index is 0.0414. The van der Waals surface area contributed by atoms with E-state index >= 15 is 0 Å². The molecular formula is C23H19FN2O3S. The zero-order valence-corrected chi connectivity index (χ0v) is 17.0. The van der Waals surface area contributed by atoms with Gasteiger partial charge in [0.1, 0.15) is 5.82 Å². The molecule has 0 fully saturated rings. The van der Waals surface area contributed by atoms with Gasteiger partial charge in [-0.05, 0) is 48.9 Å². The second kappa shape index (κ2) is 8.12. The molecule has 5 nitrogen and oxygen atoms in total. The Labute approximate surface area is 174 Å². The van der Waals surface area contributed by atoms with Crippen LogP contribution < -0.4 is 5.32 Å². The highest BCUT2D eigenvalue weighted by Gasteiger charge is 2.28. The Kier molecular flexibility index (Phi) is 5.37. The molecule has 30 heavy (non-hydrogen) atoms. The fourth-order valence-corrected chi connectivity index (χ4v) is 4.28. The monoisotopic (exact) mass is 422 g/mol. The van der Waals surface area contributed by atoms with Crippen molar-refractivity contribution in [1.82, 2.24) is 4.98 Å². The van der Waals surface area contributed by atoms with E-state index in [-0.39, 0.29) is 21.7 Å². The van der Waals surface area contributed by atoms with Gasteiger partial charge in [0, 0.05) is 12.1 Å². The average molecular weight is 422 g/mol. The van der Waals surface area contributed by atoms with Gasteiger partial charge >= 0.3 is 0 Å². The number of anilines is 1. The molecule has 0 aliphatic carbocycles. The lowest BCUT2D eigenvalue weighted by Gasteiger charge is -2.06. The molecule has 0 unspecified atom stereocenters. The maximum atomic E-state index is 13.3. The Hall–Kier alpha value is -3.45. The smallest absolute Gasteiger partial charge is 0.234 e. The van der Waals surface area contributed by atoms with Crippen molar-refractivity contribution < 1.29 is 17.2 Å². The molecule has 1 N–H and O–H groups in total.